The molecule has 2 unspecified atom stereocenters. The molecule has 1 aliphatic rings. The number of Topliss-reactive ketones (excluding diaryl/α,β-unsaturated/α-hetero) is 1. The van der Waals surface area contributed by atoms with Crippen molar-refractivity contribution in [2.45, 2.75) is 39.0 Å². The average Bonchev–Trinajstić information content (AvgIpc) is 3.13. The van der Waals surface area contributed by atoms with E-state index in [1.807, 2.05) is 6.92 Å². The Morgan fingerprint density at radius 2 is 1.89 bits per heavy atom. The molecule has 2 atom stereocenters. The van der Waals surface area contributed by atoms with Gasteiger partial charge in [-0.25, -0.2) is 9.59 Å². The van der Waals surface area contributed by atoms with Gasteiger partial charge in [-0.3, -0.25) is 4.79 Å². The average molecular weight is 381 g/mol. The summed E-state index contributed by atoms with van der Waals surface area (Å²) in [5.41, 5.74) is 0.377. The minimum atomic E-state index is -1.09. The van der Waals surface area contributed by atoms with Crippen LogP contribution in [0.2, 0.25) is 0 Å². The lowest BCUT2D eigenvalue weighted by Crippen LogP contribution is -2.42. The number of carbonyl (C=O) groups excluding carboxylic acids is 3. The Balaban J connectivity index is 2.01. The third-order valence-corrected chi connectivity index (χ3v) is 4.06. The number of likely N-dealkylation sites (N-methyl/N-ethyl adjacent to an activating group) is 1. The molecule has 1 aromatic carbocycles. The highest BCUT2D eigenvalue weighted by Crippen LogP contribution is 2.33. The molecule has 148 valence electrons. The molecule has 2 rings (SSSR count). The van der Waals surface area contributed by atoms with Gasteiger partial charge in [0.1, 0.15) is 0 Å². The topological polar surface area (TPSA) is 101 Å². The van der Waals surface area contributed by atoms with Gasteiger partial charge in [0.15, 0.2) is 17.3 Å². The number of carbonyl (C=O) groups is 3. The van der Waals surface area contributed by atoms with Gasteiger partial charge in [0, 0.05) is 19.0 Å². The molecule has 0 saturated carbocycles. The first-order chi connectivity index (χ1) is 12.9. The Labute approximate surface area is 157 Å². The number of rotatable bonds is 7. The number of ether oxygens (including phenoxy) is 5. The van der Waals surface area contributed by atoms with Crippen molar-refractivity contribution in [3.8, 4) is 11.5 Å². The molecule has 0 aliphatic carbocycles. The Bertz CT molecular complexity index is 705. The summed E-state index contributed by atoms with van der Waals surface area (Å²) in [6, 6.07) is 4.01. The summed E-state index contributed by atoms with van der Waals surface area (Å²) in [6.45, 7) is 3.52. The summed E-state index contributed by atoms with van der Waals surface area (Å²) >= 11 is 0. The Morgan fingerprint density at radius 1 is 1.19 bits per heavy atom. The lowest BCUT2D eigenvalue weighted by Gasteiger charge is -2.25. The molecule has 0 radical (unpaired) electrons. The maximum atomic E-state index is 12.7. The van der Waals surface area contributed by atoms with Crippen molar-refractivity contribution in [2.24, 2.45) is 0 Å². The van der Waals surface area contributed by atoms with Crippen molar-refractivity contribution in [2.75, 3.05) is 21.0 Å². The van der Waals surface area contributed by atoms with Gasteiger partial charge in [-0.05, 0) is 31.5 Å². The fourth-order valence-electron chi connectivity index (χ4n) is 2.35. The van der Waals surface area contributed by atoms with Crippen LogP contribution in [0.15, 0.2) is 18.2 Å². The number of nitrogens with zero attached hydrogens (tertiary/aromatic N) is 1. The van der Waals surface area contributed by atoms with E-state index in [0.29, 0.717) is 29.9 Å². The van der Waals surface area contributed by atoms with Crippen LogP contribution in [0.5, 0.6) is 11.5 Å². The lowest BCUT2D eigenvalue weighted by atomic mass is 10.0. The minimum Gasteiger partial charge on any atom is -0.454 e. The van der Waals surface area contributed by atoms with Gasteiger partial charge in [0.25, 0.3) is 6.29 Å². The van der Waals surface area contributed by atoms with Crippen molar-refractivity contribution >= 4 is 18.0 Å². The summed E-state index contributed by atoms with van der Waals surface area (Å²) in [6.07, 6.45) is -1.92. The van der Waals surface area contributed by atoms with Crippen molar-refractivity contribution in [1.29, 1.82) is 0 Å². The zero-order chi connectivity index (χ0) is 20.0. The van der Waals surface area contributed by atoms with Gasteiger partial charge in [-0.15, -0.1) is 0 Å². The number of amides is 1. The van der Waals surface area contributed by atoms with Crippen LogP contribution < -0.4 is 9.47 Å². The van der Waals surface area contributed by atoms with Gasteiger partial charge in [0.2, 0.25) is 6.79 Å². The molecular weight excluding hydrogens is 358 g/mol. The normalized spacial score (nSPS) is 14.1. The quantitative estimate of drug-likeness (QED) is 0.404. The highest BCUT2D eigenvalue weighted by Gasteiger charge is 2.28. The second-order valence-corrected chi connectivity index (χ2v) is 5.89. The molecule has 27 heavy (non-hydrogen) atoms. The first kappa shape index (κ1) is 20.3. The van der Waals surface area contributed by atoms with Gasteiger partial charge in [-0.2, -0.15) is 0 Å². The zero-order valence-electron chi connectivity index (χ0n) is 15.7. The maximum Gasteiger partial charge on any atom is 0.511 e. The largest absolute Gasteiger partial charge is 0.511 e. The molecule has 1 aliphatic heterocycles. The summed E-state index contributed by atoms with van der Waals surface area (Å²) in [7, 11) is 2.59. The van der Waals surface area contributed by atoms with Crippen LogP contribution in [0.25, 0.3) is 0 Å². The minimum absolute atomic E-state index is 0.105. The second kappa shape index (κ2) is 9.11. The van der Waals surface area contributed by atoms with Crippen LogP contribution in [0.4, 0.5) is 9.59 Å². The van der Waals surface area contributed by atoms with E-state index in [4.69, 9.17) is 18.9 Å². The molecule has 1 aromatic rings. The molecule has 0 aromatic heterocycles. The van der Waals surface area contributed by atoms with Crippen LogP contribution in [0, 0.1) is 0 Å². The molecule has 0 spiro atoms. The van der Waals surface area contributed by atoms with Crippen LogP contribution in [0.3, 0.4) is 0 Å². The predicted octanol–water partition coefficient (Wildman–Crippen LogP) is 2.96. The van der Waals surface area contributed by atoms with Gasteiger partial charge < -0.3 is 28.6 Å². The maximum absolute atomic E-state index is 12.7. The predicted molar refractivity (Wildman–Crippen MR) is 92.8 cm³/mol. The van der Waals surface area contributed by atoms with Crippen LogP contribution >= 0.6 is 0 Å². The zero-order valence-corrected chi connectivity index (χ0v) is 15.7. The molecule has 0 N–H and O–H groups in total. The van der Waals surface area contributed by atoms with E-state index in [1.54, 1.807) is 25.1 Å². The highest BCUT2D eigenvalue weighted by atomic mass is 16.8. The number of hydrogen-bond donors (Lipinski definition) is 0. The highest BCUT2D eigenvalue weighted by molar-refractivity contribution is 6.01. The molecule has 1 amide bonds. The van der Waals surface area contributed by atoms with E-state index in [2.05, 4.69) is 4.74 Å². The Hall–Kier alpha value is -2.97. The summed E-state index contributed by atoms with van der Waals surface area (Å²) in [4.78, 5) is 37.4. The van der Waals surface area contributed by atoms with E-state index in [0.717, 1.165) is 12.0 Å². The number of fused-ring (bicyclic) bond motifs is 1. The van der Waals surface area contributed by atoms with Crippen molar-refractivity contribution in [3.05, 3.63) is 23.8 Å². The Kier molecular flexibility index (Phi) is 6.86. The fraction of sp³-hybridized carbons (Fsp3) is 0.500. The fourth-order valence-corrected chi connectivity index (χ4v) is 2.35. The van der Waals surface area contributed by atoms with E-state index in [1.165, 1.54) is 7.05 Å². The molecular formula is C18H23NO8. The van der Waals surface area contributed by atoms with E-state index >= 15 is 0 Å². The summed E-state index contributed by atoms with van der Waals surface area (Å²) in [5, 5.41) is 0. The van der Waals surface area contributed by atoms with Crippen LogP contribution in [0.1, 0.15) is 37.0 Å². The van der Waals surface area contributed by atoms with E-state index < -0.39 is 24.6 Å². The van der Waals surface area contributed by atoms with E-state index in [9.17, 15) is 14.4 Å². The molecule has 9 heteroatoms. The second-order valence-electron chi connectivity index (χ2n) is 5.89. The summed E-state index contributed by atoms with van der Waals surface area (Å²) < 4.78 is 25.0. The lowest BCUT2D eigenvalue weighted by molar-refractivity contribution is -0.0932. The monoisotopic (exact) mass is 381 g/mol. The van der Waals surface area contributed by atoms with Gasteiger partial charge >= 0.3 is 12.2 Å². The Morgan fingerprint density at radius 3 is 2.56 bits per heavy atom. The number of benzene rings is 1. The first-order valence-corrected chi connectivity index (χ1v) is 8.49. The first-order valence-electron chi connectivity index (χ1n) is 8.49. The van der Waals surface area contributed by atoms with Crippen LogP contribution in [-0.2, 0) is 14.2 Å². The smallest absolute Gasteiger partial charge is 0.454 e. The van der Waals surface area contributed by atoms with Crippen molar-refractivity contribution in [1.82, 2.24) is 4.90 Å². The SMILES string of the molecule is CCCC(OC(=O)OC)OC(=O)N(C)C(C)C(=O)c1ccc2c(c1)OCO2. The molecule has 9 nitrogen and oxygen atoms in total. The molecule has 0 bridgehead atoms. The molecule has 0 saturated heterocycles. The van der Waals surface area contributed by atoms with Crippen molar-refractivity contribution in [3.63, 3.8) is 0 Å². The number of methoxy groups -OCH3 is 1. The van der Waals surface area contributed by atoms with Gasteiger partial charge in [0.05, 0.1) is 13.2 Å². The van der Waals surface area contributed by atoms with Crippen molar-refractivity contribution < 1.29 is 38.1 Å². The molecule has 0 fully saturated rings. The van der Waals surface area contributed by atoms with E-state index in [-0.39, 0.29) is 12.6 Å². The van der Waals surface area contributed by atoms with Crippen LogP contribution in [-0.4, -0.2) is 56.2 Å². The number of hydrogen-bond acceptors (Lipinski definition) is 8. The summed E-state index contributed by atoms with van der Waals surface area (Å²) in [5.74, 6) is 0.746. The van der Waals surface area contributed by atoms with Gasteiger partial charge in [-0.1, -0.05) is 6.92 Å². The molecule has 1 heterocycles. The third kappa shape index (κ3) is 5.02. The number of ketones is 1. The third-order valence-electron chi connectivity index (χ3n) is 4.06. The standard InChI is InChI=1S/C18H23NO8/c1-5-6-15(27-18(22)23-4)26-17(21)19(3)11(2)16(20)12-7-8-13-14(9-12)25-10-24-13/h7-9,11,15H,5-6,10H2,1-4H3.